The van der Waals surface area contributed by atoms with Crippen molar-refractivity contribution in [2.75, 3.05) is 47.9 Å². The molecule has 1 aromatic carbocycles. The van der Waals surface area contributed by atoms with E-state index in [9.17, 15) is 4.79 Å². The van der Waals surface area contributed by atoms with Crippen molar-refractivity contribution in [2.45, 2.75) is 12.8 Å². The zero-order valence-electron chi connectivity index (χ0n) is 17.5. The van der Waals surface area contributed by atoms with Gasteiger partial charge in [0.25, 0.3) is 0 Å². The van der Waals surface area contributed by atoms with Gasteiger partial charge in [-0.15, -0.1) is 11.3 Å². The number of thiophene rings is 1. The number of rotatable bonds is 10. The Hall–Kier alpha value is -2.74. The van der Waals surface area contributed by atoms with Gasteiger partial charge in [-0.3, -0.25) is 4.79 Å². The molecule has 1 heterocycles. The van der Waals surface area contributed by atoms with E-state index in [1.165, 1.54) is 9.78 Å². The molecular formula is C21H30N4O3S. The number of likely N-dealkylation sites (N-methyl/N-ethyl adjacent to an activating group) is 1. The van der Waals surface area contributed by atoms with Gasteiger partial charge in [-0.05, 0) is 42.0 Å². The van der Waals surface area contributed by atoms with Crippen LogP contribution in [0.15, 0.2) is 40.7 Å². The Kier molecular flexibility index (Phi) is 9.30. The minimum Gasteiger partial charge on any atom is -0.493 e. The summed E-state index contributed by atoms with van der Waals surface area (Å²) in [6.45, 7) is 1.53. The molecule has 0 saturated carbocycles. The monoisotopic (exact) mass is 418 g/mol. The average molecular weight is 419 g/mol. The lowest BCUT2D eigenvalue weighted by Gasteiger charge is -2.14. The van der Waals surface area contributed by atoms with Crippen molar-refractivity contribution in [3.05, 3.63) is 46.2 Å². The van der Waals surface area contributed by atoms with Crippen molar-refractivity contribution in [2.24, 2.45) is 4.99 Å². The second kappa shape index (κ2) is 12.0. The zero-order valence-corrected chi connectivity index (χ0v) is 18.3. The summed E-state index contributed by atoms with van der Waals surface area (Å²) in [7, 11) is 6.71. The van der Waals surface area contributed by atoms with Gasteiger partial charge in [0.05, 0.1) is 14.2 Å². The molecule has 0 atom stereocenters. The molecule has 0 radical (unpaired) electrons. The van der Waals surface area contributed by atoms with Crippen LogP contribution in [0, 0.1) is 0 Å². The number of nitrogens with zero attached hydrogens (tertiary/aromatic N) is 2. The Bertz CT molecular complexity index is 791. The van der Waals surface area contributed by atoms with Crippen LogP contribution < -0.4 is 20.1 Å². The maximum absolute atomic E-state index is 11.9. The number of hydrogen-bond donors (Lipinski definition) is 2. The van der Waals surface area contributed by atoms with Crippen molar-refractivity contribution in [3.63, 3.8) is 0 Å². The predicted molar refractivity (Wildman–Crippen MR) is 118 cm³/mol. The van der Waals surface area contributed by atoms with Gasteiger partial charge in [0.2, 0.25) is 5.91 Å². The summed E-state index contributed by atoms with van der Waals surface area (Å²) >= 11 is 1.74. The quantitative estimate of drug-likeness (QED) is 0.457. The fourth-order valence-electron chi connectivity index (χ4n) is 2.58. The molecule has 158 valence electrons. The van der Waals surface area contributed by atoms with Crippen molar-refractivity contribution in [1.29, 1.82) is 0 Å². The first-order valence-corrected chi connectivity index (χ1v) is 10.4. The normalized spacial score (nSPS) is 11.1. The highest BCUT2D eigenvalue weighted by molar-refractivity contribution is 7.09. The van der Waals surface area contributed by atoms with Crippen LogP contribution in [-0.4, -0.2) is 64.7 Å². The van der Waals surface area contributed by atoms with Gasteiger partial charge in [-0.25, -0.2) is 4.99 Å². The first-order chi connectivity index (χ1) is 14.0. The number of guanidine groups is 1. The predicted octanol–water partition coefficient (Wildman–Crippen LogP) is 2.17. The van der Waals surface area contributed by atoms with Crippen LogP contribution in [0.2, 0.25) is 0 Å². The van der Waals surface area contributed by atoms with E-state index in [2.05, 4.69) is 27.1 Å². The van der Waals surface area contributed by atoms with Gasteiger partial charge >= 0.3 is 0 Å². The van der Waals surface area contributed by atoms with Gasteiger partial charge in [-0.1, -0.05) is 12.1 Å². The topological polar surface area (TPSA) is 75.2 Å². The van der Waals surface area contributed by atoms with E-state index in [1.807, 2.05) is 24.3 Å². The molecule has 29 heavy (non-hydrogen) atoms. The van der Waals surface area contributed by atoms with Crippen LogP contribution in [0.4, 0.5) is 0 Å². The SMILES string of the molecule is COc1ccc(CCNC(=NCC(=O)N(C)C)NCCc2cccs2)cc1OC. The molecule has 2 rings (SSSR count). The summed E-state index contributed by atoms with van der Waals surface area (Å²) in [6, 6.07) is 10.0. The summed E-state index contributed by atoms with van der Waals surface area (Å²) < 4.78 is 10.6. The van der Waals surface area contributed by atoms with Crippen molar-refractivity contribution in [3.8, 4) is 11.5 Å². The smallest absolute Gasteiger partial charge is 0.243 e. The summed E-state index contributed by atoms with van der Waals surface area (Å²) in [5.74, 6) is 2.02. The van der Waals surface area contributed by atoms with E-state index in [0.717, 1.165) is 24.9 Å². The highest BCUT2D eigenvalue weighted by Gasteiger charge is 2.07. The fourth-order valence-corrected chi connectivity index (χ4v) is 3.29. The van der Waals surface area contributed by atoms with Gasteiger partial charge < -0.3 is 25.0 Å². The number of carbonyl (C=O) groups excluding carboxylic acids is 1. The van der Waals surface area contributed by atoms with Crippen LogP contribution in [0.1, 0.15) is 10.4 Å². The molecule has 0 spiro atoms. The number of nitrogens with one attached hydrogen (secondary N) is 2. The van der Waals surface area contributed by atoms with Crippen LogP contribution >= 0.6 is 11.3 Å². The standard InChI is InChI=1S/C21H30N4O3S/c1-25(2)20(26)15-24-21(23-12-10-17-6-5-13-29-17)22-11-9-16-7-8-18(27-3)19(14-16)28-4/h5-8,13-14H,9-12,15H2,1-4H3,(H2,22,23,24). The molecule has 0 unspecified atom stereocenters. The number of ether oxygens (including phenoxy) is 2. The molecule has 0 fully saturated rings. The molecule has 2 aromatic rings. The van der Waals surface area contributed by atoms with Crippen LogP contribution in [-0.2, 0) is 17.6 Å². The Balaban J connectivity index is 1.91. The van der Waals surface area contributed by atoms with E-state index < -0.39 is 0 Å². The minimum absolute atomic E-state index is 0.0377. The third-order valence-electron chi connectivity index (χ3n) is 4.27. The Labute approximate surface area is 176 Å². The van der Waals surface area contributed by atoms with Gasteiger partial charge in [0, 0.05) is 32.1 Å². The molecule has 2 N–H and O–H groups in total. The molecular weight excluding hydrogens is 388 g/mol. The summed E-state index contributed by atoms with van der Waals surface area (Å²) in [6.07, 6.45) is 1.70. The van der Waals surface area contributed by atoms with Crippen LogP contribution in [0.3, 0.4) is 0 Å². The van der Waals surface area contributed by atoms with Gasteiger partial charge in [0.1, 0.15) is 6.54 Å². The molecule has 0 bridgehead atoms. The highest BCUT2D eigenvalue weighted by atomic mass is 32.1. The van der Waals surface area contributed by atoms with Crippen molar-refractivity contribution < 1.29 is 14.3 Å². The third-order valence-corrected chi connectivity index (χ3v) is 5.21. The number of benzene rings is 1. The number of carbonyl (C=O) groups is 1. The molecule has 1 aromatic heterocycles. The van der Waals surface area contributed by atoms with Crippen LogP contribution in [0.5, 0.6) is 11.5 Å². The first-order valence-electron chi connectivity index (χ1n) is 9.49. The largest absolute Gasteiger partial charge is 0.493 e. The minimum atomic E-state index is -0.0377. The summed E-state index contributed by atoms with van der Waals surface area (Å²) in [5, 5.41) is 8.69. The number of aliphatic imine (C=N–C) groups is 1. The Morgan fingerprint density at radius 2 is 1.79 bits per heavy atom. The first kappa shape index (κ1) is 22.5. The third kappa shape index (κ3) is 7.65. The molecule has 0 aliphatic heterocycles. The lowest BCUT2D eigenvalue weighted by atomic mass is 10.1. The molecule has 1 amide bonds. The maximum atomic E-state index is 11.9. The van der Waals surface area contributed by atoms with E-state index in [1.54, 1.807) is 39.7 Å². The van der Waals surface area contributed by atoms with Crippen molar-refractivity contribution in [1.82, 2.24) is 15.5 Å². The average Bonchev–Trinajstić information content (AvgIpc) is 3.24. The van der Waals surface area contributed by atoms with E-state index >= 15 is 0 Å². The second-order valence-corrected chi connectivity index (χ2v) is 7.61. The second-order valence-electron chi connectivity index (χ2n) is 6.58. The molecule has 0 aliphatic carbocycles. The van der Waals surface area contributed by atoms with Crippen molar-refractivity contribution >= 4 is 23.2 Å². The van der Waals surface area contributed by atoms with E-state index in [4.69, 9.17) is 9.47 Å². The molecule has 7 nitrogen and oxygen atoms in total. The zero-order chi connectivity index (χ0) is 21.1. The van der Waals surface area contributed by atoms with E-state index in [0.29, 0.717) is 24.0 Å². The summed E-state index contributed by atoms with van der Waals surface area (Å²) in [5.41, 5.74) is 1.12. The van der Waals surface area contributed by atoms with Gasteiger partial charge in [0.15, 0.2) is 17.5 Å². The molecule has 0 aliphatic rings. The van der Waals surface area contributed by atoms with Gasteiger partial charge in [-0.2, -0.15) is 0 Å². The van der Waals surface area contributed by atoms with Crippen LogP contribution in [0.25, 0.3) is 0 Å². The fraction of sp³-hybridized carbons (Fsp3) is 0.429. The van der Waals surface area contributed by atoms with E-state index in [-0.39, 0.29) is 12.5 Å². The Morgan fingerprint density at radius 3 is 2.41 bits per heavy atom. The number of amides is 1. The highest BCUT2D eigenvalue weighted by Crippen LogP contribution is 2.27. The number of methoxy groups -OCH3 is 2. The lowest BCUT2D eigenvalue weighted by Crippen LogP contribution is -2.40. The molecule has 8 heteroatoms. The lowest BCUT2D eigenvalue weighted by molar-refractivity contribution is -0.127. The molecule has 0 saturated heterocycles. The number of hydrogen-bond acceptors (Lipinski definition) is 5. The maximum Gasteiger partial charge on any atom is 0.243 e. The summed E-state index contributed by atoms with van der Waals surface area (Å²) in [4.78, 5) is 19.1. The Morgan fingerprint density at radius 1 is 1.07 bits per heavy atom.